The van der Waals surface area contributed by atoms with Gasteiger partial charge in [0, 0.05) is 5.39 Å². The molecule has 2 amide bonds. The Hall–Kier alpha value is -3.39. The Morgan fingerprint density at radius 1 is 1.11 bits per heavy atom. The summed E-state index contributed by atoms with van der Waals surface area (Å²) < 4.78 is 5.15. The molecule has 3 rings (SSSR count). The molecule has 0 saturated heterocycles. The van der Waals surface area contributed by atoms with Gasteiger partial charge in [0.2, 0.25) is 0 Å². The van der Waals surface area contributed by atoms with Crippen molar-refractivity contribution >= 4 is 44.9 Å². The van der Waals surface area contributed by atoms with Crippen molar-refractivity contribution in [2.75, 3.05) is 5.32 Å². The third kappa shape index (κ3) is 3.75. The minimum absolute atomic E-state index is 0.0395. The van der Waals surface area contributed by atoms with Gasteiger partial charge in [-0.25, -0.2) is 4.79 Å². The zero-order chi connectivity index (χ0) is 19.6. The highest BCUT2D eigenvalue weighted by molar-refractivity contribution is 7.14. The van der Waals surface area contributed by atoms with Crippen LogP contribution in [0.4, 0.5) is 5.00 Å². The molecule has 138 valence electrons. The van der Waals surface area contributed by atoms with Gasteiger partial charge in [0.1, 0.15) is 16.3 Å². The summed E-state index contributed by atoms with van der Waals surface area (Å²) in [5, 5.41) is 16.0. The number of primary amides is 1. The molecule has 0 unspecified atom stereocenters. The number of esters is 1. The van der Waals surface area contributed by atoms with Gasteiger partial charge in [0.15, 0.2) is 6.10 Å². The first-order valence-corrected chi connectivity index (χ1v) is 8.86. The zero-order valence-corrected chi connectivity index (χ0v) is 15.1. The molecule has 27 heavy (non-hydrogen) atoms. The van der Waals surface area contributed by atoms with Crippen LogP contribution in [0.1, 0.15) is 27.6 Å². The summed E-state index contributed by atoms with van der Waals surface area (Å²) >= 11 is 1.13. The van der Waals surface area contributed by atoms with Crippen LogP contribution in [0.5, 0.6) is 5.75 Å². The van der Waals surface area contributed by atoms with Crippen molar-refractivity contribution in [1.29, 1.82) is 0 Å². The van der Waals surface area contributed by atoms with Crippen molar-refractivity contribution in [3.05, 3.63) is 59.0 Å². The van der Waals surface area contributed by atoms with Crippen LogP contribution in [0, 0.1) is 0 Å². The Kier molecular flexibility index (Phi) is 5.09. The SMILES string of the molecule is C[C@@H](OC(=O)c1ccc2ccccc2c1O)C(=O)Nc1sccc1C(N)=O. The third-order valence-electron chi connectivity index (χ3n) is 3.94. The molecule has 0 aliphatic carbocycles. The molecule has 0 aliphatic heterocycles. The zero-order valence-electron chi connectivity index (χ0n) is 14.3. The molecule has 8 heteroatoms. The van der Waals surface area contributed by atoms with E-state index in [0.29, 0.717) is 5.39 Å². The van der Waals surface area contributed by atoms with Crippen LogP contribution >= 0.6 is 11.3 Å². The van der Waals surface area contributed by atoms with Crippen molar-refractivity contribution in [1.82, 2.24) is 0 Å². The van der Waals surface area contributed by atoms with Gasteiger partial charge in [0.25, 0.3) is 11.8 Å². The third-order valence-corrected chi connectivity index (χ3v) is 4.77. The number of fused-ring (bicyclic) bond motifs is 1. The van der Waals surface area contributed by atoms with Gasteiger partial charge in [0.05, 0.1) is 5.56 Å². The second-order valence-corrected chi connectivity index (χ2v) is 6.66. The Balaban J connectivity index is 1.73. The lowest BCUT2D eigenvalue weighted by Gasteiger charge is -2.14. The molecule has 4 N–H and O–H groups in total. The van der Waals surface area contributed by atoms with E-state index < -0.39 is 23.9 Å². The van der Waals surface area contributed by atoms with Crippen molar-refractivity contribution in [3.63, 3.8) is 0 Å². The van der Waals surface area contributed by atoms with E-state index in [4.69, 9.17) is 10.5 Å². The fourth-order valence-corrected chi connectivity index (χ4v) is 3.31. The number of ether oxygens (including phenoxy) is 1. The highest BCUT2D eigenvalue weighted by Crippen LogP contribution is 2.29. The maximum atomic E-state index is 12.4. The smallest absolute Gasteiger partial charge is 0.342 e. The molecule has 0 spiro atoms. The fraction of sp³-hybridized carbons (Fsp3) is 0.105. The predicted octanol–water partition coefficient (Wildman–Crippen LogP) is 2.89. The molecular weight excluding hydrogens is 368 g/mol. The van der Waals surface area contributed by atoms with Crippen LogP contribution in [-0.2, 0) is 9.53 Å². The Morgan fingerprint density at radius 3 is 2.59 bits per heavy atom. The summed E-state index contributed by atoms with van der Waals surface area (Å²) in [5.41, 5.74) is 5.37. The molecule has 0 bridgehead atoms. The first kappa shape index (κ1) is 18.4. The van der Waals surface area contributed by atoms with Gasteiger partial charge in [-0.2, -0.15) is 0 Å². The lowest BCUT2D eigenvalue weighted by Crippen LogP contribution is -2.30. The standard InChI is InChI=1S/C19H16N2O5S/c1-10(17(24)21-18-14(16(20)23)8-9-27-18)26-19(25)13-7-6-11-4-2-3-5-12(11)15(13)22/h2-10,22H,1H3,(H2,20,23)(H,21,24)/t10-/m1/s1. The summed E-state index contributed by atoms with van der Waals surface area (Å²) in [6.07, 6.45) is -1.15. The molecule has 2 aromatic carbocycles. The van der Waals surface area contributed by atoms with Gasteiger partial charge in [-0.05, 0) is 29.8 Å². The second-order valence-electron chi connectivity index (χ2n) is 5.75. The first-order valence-electron chi connectivity index (χ1n) is 7.98. The number of carbonyl (C=O) groups is 3. The molecule has 7 nitrogen and oxygen atoms in total. The molecule has 0 aliphatic rings. The van der Waals surface area contributed by atoms with Gasteiger partial charge < -0.3 is 20.9 Å². The highest BCUT2D eigenvalue weighted by atomic mass is 32.1. The van der Waals surface area contributed by atoms with Gasteiger partial charge >= 0.3 is 5.97 Å². The molecule has 1 heterocycles. The van der Waals surface area contributed by atoms with E-state index in [2.05, 4.69) is 5.32 Å². The molecule has 1 aromatic heterocycles. The molecule has 3 aromatic rings. The molecular formula is C19H16N2O5S. The lowest BCUT2D eigenvalue weighted by atomic mass is 10.1. The number of rotatable bonds is 5. The van der Waals surface area contributed by atoms with Crippen LogP contribution < -0.4 is 11.1 Å². The molecule has 0 radical (unpaired) electrons. The Labute approximate surface area is 158 Å². The summed E-state index contributed by atoms with van der Waals surface area (Å²) in [6.45, 7) is 1.39. The van der Waals surface area contributed by atoms with Crippen molar-refractivity contribution < 1.29 is 24.2 Å². The number of nitrogens with two attached hydrogens (primary N) is 1. The maximum absolute atomic E-state index is 12.4. The number of amides is 2. The fourth-order valence-electron chi connectivity index (χ4n) is 2.51. The van der Waals surface area contributed by atoms with Crippen LogP contribution in [-0.4, -0.2) is 29.0 Å². The number of benzene rings is 2. The summed E-state index contributed by atoms with van der Waals surface area (Å²) in [7, 11) is 0. The number of thiophene rings is 1. The van der Waals surface area contributed by atoms with Gasteiger partial charge in [-0.3, -0.25) is 9.59 Å². The topological polar surface area (TPSA) is 119 Å². The summed E-state index contributed by atoms with van der Waals surface area (Å²) in [5.74, 6) is -2.33. The quantitative estimate of drug-likeness (QED) is 0.585. The largest absolute Gasteiger partial charge is 0.506 e. The number of aromatic hydroxyl groups is 1. The summed E-state index contributed by atoms with van der Waals surface area (Å²) in [6, 6.07) is 11.7. The second kappa shape index (κ2) is 7.46. The van der Waals surface area contributed by atoms with Crippen LogP contribution in [0.3, 0.4) is 0 Å². The Bertz CT molecular complexity index is 1040. The van der Waals surface area contributed by atoms with Gasteiger partial charge in [-0.1, -0.05) is 30.3 Å². The predicted molar refractivity (Wildman–Crippen MR) is 102 cm³/mol. The molecule has 1 atom stereocenters. The Morgan fingerprint density at radius 2 is 1.85 bits per heavy atom. The van der Waals surface area contributed by atoms with Crippen molar-refractivity contribution in [3.8, 4) is 5.75 Å². The molecule has 0 fully saturated rings. The first-order chi connectivity index (χ1) is 12.9. The maximum Gasteiger partial charge on any atom is 0.342 e. The van der Waals surface area contributed by atoms with Crippen molar-refractivity contribution in [2.45, 2.75) is 13.0 Å². The number of phenols is 1. The van der Waals surface area contributed by atoms with Crippen molar-refractivity contribution in [2.24, 2.45) is 5.73 Å². The van der Waals surface area contributed by atoms with E-state index in [1.807, 2.05) is 6.07 Å². The number of nitrogens with one attached hydrogen (secondary N) is 1. The number of carbonyl (C=O) groups excluding carboxylic acids is 3. The van der Waals surface area contributed by atoms with Gasteiger partial charge in [-0.15, -0.1) is 11.3 Å². The number of hydrogen-bond acceptors (Lipinski definition) is 6. The number of hydrogen-bond donors (Lipinski definition) is 3. The lowest BCUT2D eigenvalue weighted by molar-refractivity contribution is -0.123. The normalized spacial score (nSPS) is 11.7. The van der Waals surface area contributed by atoms with E-state index in [-0.39, 0.29) is 21.9 Å². The van der Waals surface area contributed by atoms with Crippen LogP contribution in [0.2, 0.25) is 0 Å². The minimum atomic E-state index is -1.15. The van der Waals surface area contributed by atoms with E-state index in [0.717, 1.165) is 16.7 Å². The average molecular weight is 384 g/mol. The monoisotopic (exact) mass is 384 g/mol. The van der Waals surface area contributed by atoms with Crippen LogP contribution in [0.25, 0.3) is 10.8 Å². The summed E-state index contributed by atoms with van der Waals surface area (Å²) in [4.78, 5) is 35.9. The van der Waals surface area contributed by atoms with Crippen LogP contribution in [0.15, 0.2) is 47.8 Å². The molecule has 0 saturated carbocycles. The van der Waals surface area contributed by atoms with E-state index in [9.17, 15) is 19.5 Å². The average Bonchev–Trinajstić information content (AvgIpc) is 3.10. The number of phenolic OH excluding ortho intramolecular Hbond substituents is 1. The van der Waals surface area contributed by atoms with E-state index in [1.165, 1.54) is 19.1 Å². The highest BCUT2D eigenvalue weighted by Gasteiger charge is 2.23. The van der Waals surface area contributed by atoms with E-state index in [1.54, 1.807) is 29.6 Å². The number of anilines is 1. The minimum Gasteiger partial charge on any atom is -0.506 e. The van der Waals surface area contributed by atoms with E-state index >= 15 is 0 Å².